The summed E-state index contributed by atoms with van der Waals surface area (Å²) < 4.78 is 0. The van der Waals surface area contributed by atoms with Gasteiger partial charge in [-0.3, -0.25) is 125 Å². The highest BCUT2D eigenvalue weighted by molar-refractivity contribution is 6.03. The number of aliphatic hydroxyl groups is 2. The van der Waals surface area contributed by atoms with Gasteiger partial charge in [-0.25, -0.2) is 0 Å². The van der Waals surface area contributed by atoms with Gasteiger partial charge >= 0.3 is 17.9 Å². The third-order valence-electron chi connectivity index (χ3n) is 21.8. The van der Waals surface area contributed by atoms with E-state index in [-0.39, 0.29) is 64.6 Å². The van der Waals surface area contributed by atoms with Gasteiger partial charge in [-0.05, 0) is 170 Å². The number of aliphatic hydroxyl groups excluding tert-OH is 2. The van der Waals surface area contributed by atoms with Crippen molar-refractivity contribution in [2.45, 2.75) is 309 Å². The molecule has 0 aromatic rings. The Hall–Kier alpha value is -14.0. The minimum Gasteiger partial charge on any atom is -0.481 e. The molecule has 58 heteroatoms. The number of carbonyl (C=O) groups excluding carboxylic acids is 23. The molecule has 0 aliphatic rings. The van der Waals surface area contributed by atoms with Gasteiger partial charge in [0, 0.05) is 12.8 Å². The number of unbranched alkanes of at least 4 members (excludes halogenated alkanes) is 3. The van der Waals surface area contributed by atoms with E-state index in [1.54, 1.807) is 41.5 Å². The van der Waals surface area contributed by atoms with Gasteiger partial charge in [-0.1, -0.05) is 48.0 Å². The van der Waals surface area contributed by atoms with Crippen molar-refractivity contribution in [3.63, 3.8) is 0 Å². The molecule has 0 spiro atoms. The zero-order valence-corrected chi connectivity index (χ0v) is 84.3. The summed E-state index contributed by atoms with van der Waals surface area (Å²) in [5.41, 5.74) is 22.6. The number of aliphatic carboxylic acids is 3. The van der Waals surface area contributed by atoms with E-state index in [4.69, 9.17) is 28.0 Å². The van der Waals surface area contributed by atoms with Crippen LogP contribution < -0.4 is 145 Å². The molecule has 0 rings (SSSR count). The van der Waals surface area contributed by atoms with Crippen molar-refractivity contribution in [3.8, 4) is 0 Å². The van der Waals surface area contributed by atoms with E-state index in [1.807, 2.05) is 5.32 Å². The molecule has 0 saturated heterocycles. The molecule has 0 radical (unpaired) electrons. The SMILES string of the molecule is CC[C@H](C)[C@H](NC(=O)[C@H](CO)NC(=O)CNC(=O)CNC(=O)CNC(=O)CNC(=O)[C@H](CCCCN)NC(=O)[C@H](C)NC(=O)[C@H](C)NC(=O)[C@H](C)NC(=O)[C@H](CCC(=O)O)NC(=O)[C@H](CCCCN)NC(=O)[C@H](C)NC(=O)[C@H](C)NC(=O)[C@H](C)NC(=O)[C@H](CCC(=O)O)NC(=O)[C@H](CCCCN)NC(=O)[C@H](C)NC(=O)[C@H](C)NC(=O)[C@H](C)N)C(=O)N[C@H](C(=O)N[C@H](C(=O)N[C@@H](CO)C(=O)NCC(=O)O)C(C)C)C(C)C. The summed E-state index contributed by atoms with van der Waals surface area (Å²) >= 11 is 0. The fourth-order valence-electron chi connectivity index (χ4n) is 12.7. The van der Waals surface area contributed by atoms with Crippen LogP contribution in [0.4, 0.5) is 0 Å². The van der Waals surface area contributed by atoms with Gasteiger partial charge in [-0.15, -0.1) is 0 Å². The molecule has 0 aliphatic heterocycles. The summed E-state index contributed by atoms with van der Waals surface area (Å²) in [5, 5.41) is 102. The first kappa shape index (κ1) is 131. The van der Waals surface area contributed by atoms with Gasteiger partial charge in [-0.2, -0.15) is 0 Å². The largest absolute Gasteiger partial charge is 0.481 e. The third kappa shape index (κ3) is 52.2. The van der Waals surface area contributed by atoms with Gasteiger partial charge in [0.15, 0.2) is 0 Å². The Morgan fingerprint density at radius 2 is 0.455 bits per heavy atom. The van der Waals surface area contributed by atoms with Gasteiger partial charge in [0.1, 0.15) is 115 Å². The second-order valence-electron chi connectivity index (χ2n) is 35.2. The van der Waals surface area contributed by atoms with Crippen LogP contribution in [0.2, 0.25) is 0 Å². The minimum absolute atomic E-state index is 0.0502. The second kappa shape index (κ2) is 69.0. The third-order valence-corrected chi connectivity index (χ3v) is 21.8. The van der Waals surface area contributed by atoms with Crippen molar-refractivity contribution >= 4 is 154 Å². The molecule has 0 aromatic heterocycles. The van der Waals surface area contributed by atoms with Crippen molar-refractivity contribution in [2.75, 3.05) is 65.6 Å². The fraction of sp³-hybridized carbons (Fsp3) is 0.701. The highest BCUT2D eigenvalue weighted by Crippen LogP contribution is 2.15. The molecule has 0 saturated carbocycles. The van der Waals surface area contributed by atoms with Crippen molar-refractivity contribution in [3.05, 3.63) is 0 Å². The predicted octanol–water partition coefficient (Wildman–Crippen LogP) is -13.7. The summed E-state index contributed by atoms with van der Waals surface area (Å²) in [5.74, 6) is -28.1. The van der Waals surface area contributed by atoms with Crippen molar-refractivity contribution < 1.29 is 150 Å². The maximum Gasteiger partial charge on any atom is 0.322 e. The first-order valence-electron chi connectivity index (χ1n) is 47.4. The number of hydrogen-bond donors (Lipinski definition) is 32. The van der Waals surface area contributed by atoms with Crippen molar-refractivity contribution in [1.82, 2.24) is 122 Å². The standard InChI is InChI=1S/C87H151N27O31/c1-16-42(6)68(87(145)113-67(41(4)5)86(144)112-66(40(2)3)85(143)111-57(38-115)79(137)96-37-65(125)126)114-84(142)58(39-116)105-62(120)36-94-60(118)34-92-59(117)33-93-61(119)35-95-78(136)52(23-17-20-30-88)106-75(133)49(13)101-71(129)45(9)98-73(131)47(11)103-81(139)56(27-29-64(123)124)110-83(141)54(25-19-22-32-90)108-77(135)51(15)102-72(130)46(10)99-74(132)48(12)104-80(138)55(26-28-63(121)122)109-82(140)53(24-18-21-31-89)107-76(134)50(14)100-70(128)44(8)97-69(127)43(7)91/h40-58,66-68,115-116H,16-39,88-91H2,1-15H3,(H,92,117)(H,93,119)(H,94,118)(H,95,136)(H,96,137)(H,97,127)(H,98,131)(H,99,132)(H,100,128)(H,101,129)(H,102,130)(H,103,139)(H,104,138)(H,105,120)(H,106,133)(H,107,134)(H,108,135)(H,109,140)(H,110,141)(H,111,143)(H,112,144)(H,113,145)(H,114,142)(H,121,122)(H,123,124)(H,125,126)/t42-,43-,44-,45-,46-,47-,48-,49-,50-,51-,52-,53-,54-,55-,56-,57-,58-,66-,67-,68-/m0/s1. The van der Waals surface area contributed by atoms with E-state index < -0.39 is 358 Å². The molecule has 145 heavy (non-hydrogen) atoms. The topological polar surface area (TPSA) is 926 Å². The number of hydrogen-bond acceptors (Lipinski definition) is 32. The van der Waals surface area contributed by atoms with Crippen LogP contribution in [0.3, 0.4) is 0 Å². The van der Waals surface area contributed by atoms with Crippen LogP contribution in [0.15, 0.2) is 0 Å². The van der Waals surface area contributed by atoms with Gasteiger partial charge in [0.25, 0.3) is 0 Å². The number of carboxylic acid groups (broad SMARTS) is 3. The lowest BCUT2D eigenvalue weighted by molar-refractivity contribution is -0.139. The predicted molar refractivity (Wildman–Crippen MR) is 512 cm³/mol. The van der Waals surface area contributed by atoms with E-state index in [0.29, 0.717) is 19.3 Å². The summed E-state index contributed by atoms with van der Waals surface area (Å²) in [4.78, 5) is 341. The summed E-state index contributed by atoms with van der Waals surface area (Å²) in [7, 11) is 0. The van der Waals surface area contributed by atoms with Crippen LogP contribution in [0.5, 0.6) is 0 Å². The molecule has 0 bridgehead atoms. The van der Waals surface area contributed by atoms with E-state index in [2.05, 4.69) is 117 Å². The number of carbonyl (C=O) groups is 26. The number of rotatable bonds is 71. The minimum atomic E-state index is -1.72. The van der Waals surface area contributed by atoms with Crippen molar-refractivity contribution in [1.29, 1.82) is 0 Å². The fourth-order valence-corrected chi connectivity index (χ4v) is 12.7. The number of amides is 23. The normalized spacial score (nSPS) is 15.1. The number of nitrogens with one attached hydrogen (secondary N) is 23. The van der Waals surface area contributed by atoms with Gasteiger partial charge in [0.2, 0.25) is 136 Å². The van der Waals surface area contributed by atoms with Crippen LogP contribution in [0.1, 0.15) is 194 Å². The molecular weight excluding hydrogens is 1920 g/mol. The molecule has 20 atom stereocenters. The van der Waals surface area contributed by atoms with Gasteiger partial charge < -0.3 is 171 Å². The quantitative estimate of drug-likeness (QED) is 0.0251. The lowest BCUT2D eigenvalue weighted by Gasteiger charge is -2.30. The Morgan fingerprint density at radius 1 is 0.228 bits per heavy atom. The average molecular weight is 2070 g/mol. The first-order valence-corrected chi connectivity index (χ1v) is 47.4. The molecule has 36 N–H and O–H groups in total. The molecular formula is C87H151N27O31. The zero-order chi connectivity index (χ0) is 111. The maximum atomic E-state index is 14.1. The van der Waals surface area contributed by atoms with Crippen LogP contribution in [0, 0.1) is 17.8 Å². The van der Waals surface area contributed by atoms with E-state index in [0.717, 1.165) is 6.92 Å². The highest BCUT2D eigenvalue weighted by atomic mass is 16.4. The lowest BCUT2D eigenvalue weighted by atomic mass is 9.95. The Labute approximate surface area is 837 Å². The maximum absolute atomic E-state index is 14.1. The molecule has 0 aliphatic carbocycles. The van der Waals surface area contributed by atoms with E-state index in [1.165, 1.54) is 55.4 Å². The summed E-state index contributed by atoms with van der Waals surface area (Å²) in [6, 6.07) is -27.3. The molecule has 0 heterocycles. The Bertz CT molecular complexity index is 4430. The lowest BCUT2D eigenvalue weighted by Crippen LogP contribution is -2.62. The van der Waals surface area contributed by atoms with Crippen LogP contribution in [-0.4, -0.2) is 360 Å². The number of carboxylic acids is 3. The van der Waals surface area contributed by atoms with Crippen molar-refractivity contribution in [2.24, 2.45) is 40.7 Å². The molecule has 820 valence electrons. The van der Waals surface area contributed by atoms with Crippen LogP contribution in [0.25, 0.3) is 0 Å². The van der Waals surface area contributed by atoms with E-state index >= 15 is 0 Å². The second-order valence-corrected chi connectivity index (χ2v) is 35.2. The zero-order valence-electron chi connectivity index (χ0n) is 84.3. The molecule has 0 aromatic carbocycles. The summed E-state index contributed by atoms with van der Waals surface area (Å²) in [6.45, 7) is 15.2. The van der Waals surface area contributed by atoms with Crippen LogP contribution in [-0.2, 0) is 125 Å². The Morgan fingerprint density at radius 3 is 0.752 bits per heavy atom. The molecule has 0 unspecified atom stereocenters. The smallest absolute Gasteiger partial charge is 0.322 e. The first-order chi connectivity index (χ1) is 67.8. The van der Waals surface area contributed by atoms with Crippen LogP contribution >= 0.6 is 0 Å². The van der Waals surface area contributed by atoms with E-state index in [9.17, 15) is 145 Å². The van der Waals surface area contributed by atoms with Gasteiger partial charge in [0.05, 0.1) is 45.4 Å². The average Bonchev–Trinajstić information content (AvgIpc) is 0.835. The Kier molecular flexibility index (Phi) is 62.4. The Balaban J connectivity index is 5.89. The highest BCUT2D eigenvalue weighted by Gasteiger charge is 2.40. The molecule has 23 amide bonds. The molecule has 0 fully saturated rings. The monoisotopic (exact) mass is 2070 g/mol. The number of nitrogens with two attached hydrogens (primary N) is 4. The summed E-state index contributed by atoms with van der Waals surface area (Å²) in [6.07, 6.45) is -0.747. The molecule has 58 nitrogen and oxygen atoms in total.